The molecule has 14 heteroatoms. The van der Waals surface area contributed by atoms with Crippen molar-refractivity contribution >= 4 is 64.8 Å². The van der Waals surface area contributed by atoms with Crippen LogP contribution >= 0.6 is 47.0 Å². The van der Waals surface area contributed by atoms with Crippen LogP contribution in [0.1, 0.15) is 5.56 Å². The molecular weight excluding hydrogens is 517 g/mol. The number of carboxylic acids is 1. The Morgan fingerprint density at radius 2 is 2.03 bits per heavy atom. The van der Waals surface area contributed by atoms with E-state index in [0.29, 0.717) is 22.2 Å². The van der Waals surface area contributed by atoms with Crippen LogP contribution in [0.4, 0.5) is 0 Å². The molecule has 2 atom stereocenters. The molecule has 4 rings (SSSR count). The fourth-order valence-corrected chi connectivity index (χ4v) is 7.60. The Kier molecular flexibility index (Phi) is 8.45. The van der Waals surface area contributed by atoms with Gasteiger partial charge in [-0.15, -0.1) is 40.4 Å². The Labute approximate surface area is 213 Å². The minimum absolute atomic E-state index is 0.00596. The molecule has 1 aromatic heterocycles. The number of hydrogen-bond acceptors (Lipinski definition) is 10. The van der Waals surface area contributed by atoms with Crippen LogP contribution in [0.15, 0.2) is 46.8 Å². The summed E-state index contributed by atoms with van der Waals surface area (Å²) in [6.45, 7) is 0. The molecule has 1 fully saturated rings. The molecule has 0 bridgehead atoms. The summed E-state index contributed by atoms with van der Waals surface area (Å²) in [5, 5.41) is 24.7. The largest absolute Gasteiger partial charge is 0.477 e. The number of nitrogens with one attached hydrogen (secondary N) is 1. The van der Waals surface area contributed by atoms with E-state index in [2.05, 4.69) is 33.0 Å². The van der Waals surface area contributed by atoms with E-state index in [4.69, 9.17) is 0 Å². The van der Waals surface area contributed by atoms with Crippen LogP contribution in [0.2, 0.25) is 0 Å². The lowest BCUT2D eigenvalue weighted by atomic mass is 10.0. The highest BCUT2D eigenvalue weighted by Gasteiger charge is 2.54. The van der Waals surface area contributed by atoms with E-state index >= 15 is 0 Å². The number of tetrazole rings is 1. The van der Waals surface area contributed by atoms with Gasteiger partial charge in [0.1, 0.15) is 17.1 Å². The van der Waals surface area contributed by atoms with E-state index in [1.54, 1.807) is 18.8 Å². The highest BCUT2D eigenvalue weighted by Crippen LogP contribution is 2.41. The van der Waals surface area contributed by atoms with Crippen LogP contribution < -0.4 is 5.32 Å². The predicted molar refractivity (Wildman–Crippen MR) is 134 cm³/mol. The number of carbonyl (C=O) groups excluding carboxylic acids is 2. The Morgan fingerprint density at radius 1 is 1.24 bits per heavy atom. The van der Waals surface area contributed by atoms with Gasteiger partial charge in [0, 0.05) is 29.4 Å². The molecule has 1 saturated heterocycles. The highest BCUT2D eigenvalue weighted by atomic mass is 32.2. The molecule has 180 valence electrons. The van der Waals surface area contributed by atoms with Gasteiger partial charge in [-0.1, -0.05) is 42.1 Å². The SMILES string of the molecule is Cn1nnnc1SCC1=C(C(=O)O)N2C(=O)C(NC(=O)CSCSCc3ccccc3)C2SC1. The van der Waals surface area contributed by atoms with Crippen LogP contribution in [-0.4, -0.2) is 81.8 Å². The van der Waals surface area contributed by atoms with Crippen LogP contribution in [0.3, 0.4) is 0 Å². The van der Waals surface area contributed by atoms with Crippen LogP contribution in [0.5, 0.6) is 0 Å². The lowest BCUT2D eigenvalue weighted by Crippen LogP contribution is -2.70. The summed E-state index contributed by atoms with van der Waals surface area (Å²) in [4.78, 5) is 38.4. The second kappa shape index (κ2) is 11.5. The average molecular weight is 539 g/mol. The lowest BCUT2D eigenvalue weighted by molar-refractivity contribution is -0.150. The molecular formula is C20H22N6O4S4. The van der Waals surface area contributed by atoms with Crippen molar-refractivity contribution in [2.24, 2.45) is 7.05 Å². The molecule has 0 saturated carbocycles. The van der Waals surface area contributed by atoms with Gasteiger partial charge in [0.15, 0.2) is 0 Å². The van der Waals surface area contributed by atoms with Crippen molar-refractivity contribution in [3.8, 4) is 0 Å². The number of aryl methyl sites for hydroxylation is 1. The number of fused-ring (bicyclic) bond motifs is 1. The summed E-state index contributed by atoms with van der Waals surface area (Å²) in [7, 11) is 1.70. The van der Waals surface area contributed by atoms with Crippen LogP contribution in [-0.2, 0) is 27.2 Å². The van der Waals surface area contributed by atoms with Crippen molar-refractivity contribution in [2.45, 2.75) is 22.3 Å². The first-order chi connectivity index (χ1) is 16.5. The highest BCUT2D eigenvalue weighted by molar-refractivity contribution is 8.15. The fraction of sp³-hybridized carbons (Fsp3) is 0.400. The molecule has 2 unspecified atom stereocenters. The third-order valence-electron chi connectivity index (χ3n) is 5.03. The van der Waals surface area contributed by atoms with Gasteiger partial charge < -0.3 is 10.4 Å². The number of thioether (sulfide) groups is 4. The number of hydrogen-bond donors (Lipinski definition) is 2. The van der Waals surface area contributed by atoms with E-state index in [0.717, 1.165) is 10.8 Å². The summed E-state index contributed by atoms with van der Waals surface area (Å²) in [5.41, 5.74) is 1.86. The molecule has 2 N–H and O–H groups in total. The minimum atomic E-state index is -1.15. The molecule has 0 spiro atoms. The Balaban J connectivity index is 1.26. The second-order valence-electron chi connectivity index (χ2n) is 7.39. The quantitative estimate of drug-likeness (QED) is 0.187. The topological polar surface area (TPSA) is 130 Å². The van der Waals surface area contributed by atoms with Gasteiger partial charge in [-0.25, -0.2) is 9.48 Å². The zero-order chi connectivity index (χ0) is 24.1. The van der Waals surface area contributed by atoms with Gasteiger partial charge in [-0.3, -0.25) is 14.5 Å². The lowest BCUT2D eigenvalue weighted by Gasteiger charge is -2.49. The van der Waals surface area contributed by atoms with Crippen LogP contribution in [0, 0.1) is 0 Å². The summed E-state index contributed by atoms with van der Waals surface area (Å²) < 4.78 is 1.50. The van der Waals surface area contributed by atoms with Crippen molar-refractivity contribution in [3.63, 3.8) is 0 Å². The fourth-order valence-electron chi connectivity index (χ4n) is 3.43. The summed E-state index contributed by atoms with van der Waals surface area (Å²) in [6.07, 6.45) is 0. The Morgan fingerprint density at radius 3 is 2.74 bits per heavy atom. The normalized spacial score (nSPS) is 19.6. The first kappa shape index (κ1) is 24.9. The van der Waals surface area contributed by atoms with Crippen LogP contribution in [0.25, 0.3) is 0 Å². The maximum absolute atomic E-state index is 12.8. The molecule has 2 amide bonds. The molecule has 3 heterocycles. The smallest absolute Gasteiger partial charge is 0.352 e. The number of amides is 2. The van der Waals surface area contributed by atoms with Gasteiger partial charge in [0.2, 0.25) is 11.1 Å². The van der Waals surface area contributed by atoms with Crippen molar-refractivity contribution in [2.75, 3.05) is 22.3 Å². The second-order valence-corrected chi connectivity index (χ2v) is 11.8. The van der Waals surface area contributed by atoms with Crippen molar-refractivity contribution < 1.29 is 19.5 Å². The van der Waals surface area contributed by atoms with Gasteiger partial charge in [0.05, 0.1) is 5.75 Å². The molecule has 0 radical (unpaired) electrons. The number of β-lactam (4-membered cyclic amide) rings is 1. The zero-order valence-electron chi connectivity index (χ0n) is 18.1. The number of rotatable bonds is 11. The van der Waals surface area contributed by atoms with E-state index < -0.39 is 23.3 Å². The summed E-state index contributed by atoms with van der Waals surface area (Å²) in [6, 6.07) is 9.41. The first-order valence-electron chi connectivity index (χ1n) is 10.2. The van der Waals surface area contributed by atoms with E-state index in [1.165, 1.54) is 50.4 Å². The number of carbonyl (C=O) groups is 3. The maximum Gasteiger partial charge on any atom is 0.352 e. The summed E-state index contributed by atoms with van der Waals surface area (Å²) >= 11 is 5.99. The number of aromatic nitrogens is 4. The molecule has 1 aromatic carbocycles. The standard InChI is InChI=1S/C20H22N6O4S4/c1-25-20(22-23-24-25)34-9-13-8-33-18-15(17(28)26(18)16(13)19(29)30)21-14(27)10-32-11-31-7-12-5-3-2-4-6-12/h2-6,15,18H,7-11H2,1H3,(H,21,27)(H,29,30). The van der Waals surface area contributed by atoms with Crippen molar-refractivity contribution in [1.29, 1.82) is 0 Å². The summed E-state index contributed by atoms with van der Waals surface area (Å²) in [5.74, 6) is 0.163. The number of aliphatic carboxylic acids is 1. The van der Waals surface area contributed by atoms with E-state index in [-0.39, 0.29) is 17.4 Å². The molecule has 34 heavy (non-hydrogen) atoms. The number of nitrogens with zero attached hydrogens (tertiary/aromatic N) is 5. The Bertz CT molecular complexity index is 1100. The predicted octanol–water partition coefficient (Wildman–Crippen LogP) is 1.66. The van der Waals surface area contributed by atoms with Gasteiger partial charge in [-0.2, -0.15) is 0 Å². The minimum Gasteiger partial charge on any atom is -0.477 e. The van der Waals surface area contributed by atoms with E-state index in [9.17, 15) is 19.5 Å². The maximum atomic E-state index is 12.8. The molecule has 0 aliphatic carbocycles. The van der Waals surface area contributed by atoms with Gasteiger partial charge in [-0.05, 0) is 21.6 Å². The van der Waals surface area contributed by atoms with E-state index in [1.807, 2.05) is 18.2 Å². The van der Waals surface area contributed by atoms with Crippen molar-refractivity contribution in [1.82, 2.24) is 30.4 Å². The van der Waals surface area contributed by atoms with Gasteiger partial charge >= 0.3 is 5.97 Å². The average Bonchev–Trinajstić information content (AvgIpc) is 3.25. The molecule has 2 aromatic rings. The van der Waals surface area contributed by atoms with Gasteiger partial charge in [0.25, 0.3) is 5.91 Å². The van der Waals surface area contributed by atoms with Crippen molar-refractivity contribution in [3.05, 3.63) is 47.2 Å². The third kappa shape index (κ3) is 5.73. The zero-order valence-corrected chi connectivity index (χ0v) is 21.4. The number of benzene rings is 1. The monoisotopic (exact) mass is 538 g/mol. The Hall–Kier alpha value is -2.16. The third-order valence-corrected chi connectivity index (χ3v) is 9.81. The molecule has 2 aliphatic rings. The molecule has 10 nitrogen and oxygen atoms in total. The number of carboxylic acid groups (broad SMARTS) is 1. The molecule has 2 aliphatic heterocycles. The first-order valence-corrected chi connectivity index (χ1v) is 14.5.